The van der Waals surface area contributed by atoms with E-state index in [1.54, 1.807) is 4.90 Å². The molecule has 1 aromatic carbocycles. The molecular weight excluding hydrogens is 255 g/mol. The van der Waals surface area contributed by atoms with Crippen LogP contribution in [0.4, 0.5) is 10.1 Å². The molecule has 2 N–H and O–H groups in total. The van der Waals surface area contributed by atoms with Gasteiger partial charge in [0.1, 0.15) is 5.82 Å². The Morgan fingerprint density at radius 1 is 1.30 bits per heavy atom. The van der Waals surface area contributed by atoms with Crippen LogP contribution in [0.15, 0.2) is 18.2 Å². The maximum Gasteiger partial charge on any atom is 0.257 e. The molecule has 20 heavy (non-hydrogen) atoms. The molecule has 0 fully saturated rings. The molecule has 1 amide bonds. The van der Waals surface area contributed by atoms with Crippen molar-refractivity contribution < 1.29 is 9.18 Å². The van der Waals surface area contributed by atoms with Crippen LogP contribution in [0, 0.1) is 11.7 Å². The third kappa shape index (κ3) is 3.95. The fraction of sp³-hybridized carbons (Fsp3) is 0.562. The highest BCUT2D eigenvalue weighted by molar-refractivity contribution is 5.95. The summed E-state index contributed by atoms with van der Waals surface area (Å²) in [5.41, 5.74) is 6.14. The summed E-state index contributed by atoms with van der Waals surface area (Å²) in [6, 6.07) is 4.28. The molecule has 0 atom stereocenters. The van der Waals surface area contributed by atoms with Gasteiger partial charge in [0.05, 0.1) is 5.56 Å². The van der Waals surface area contributed by atoms with Crippen LogP contribution in [0.2, 0.25) is 0 Å². The number of hydrogen-bond donors (Lipinski definition) is 1. The Bertz CT molecular complexity index is 456. The number of amides is 1. The standard InChI is InChI=1S/C16H25FN2O/c1-5-13(6-2)19(10-11(3)4)16(20)14-9-12(18)7-8-15(14)17/h7-9,11,13H,5-6,10,18H2,1-4H3. The van der Waals surface area contributed by atoms with Gasteiger partial charge in [0, 0.05) is 18.3 Å². The van der Waals surface area contributed by atoms with Gasteiger partial charge in [-0.1, -0.05) is 27.7 Å². The third-order valence-corrected chi connectivity index (χ3v) is 3.43. The number of carbonyl (C=O) groups excluding carboxylic acids is 1. The van der Waals surface area contributed by atoms with Crippen LogP contribution in [-0.4, -0.2) is 23.4 Å². The second-order valence-electron chi connectivity index (χ2n) is 5.56. The van der Waals surface area contributed by atoms with Crippen LogP contribution in [0.5, 0.6) is 0 Å². The lowest BCUT2D eigenvalue weighted by Crippen LogP contribution is -2.42. The Balaban J connectivity index is 3.12. The molecule has 0 bridgehead atoms. The van der Waals surface area contributed by atoms with E-state index in [1.165, 1.54) is 18.2 Å². The highest BCUT2D eigenvalue weighted by Gasteiger charge is 2.25. The molecule has 0 radical (unpaired) electrons. The SMILES string of the molecule is CCC(CC)N(CC(C)C)C(=O)c1cc(N)ccc1F. The van der Waals surface area contributed by atoms with E-state index in [0.29, 0.717) is 18.2 Å². The molecule has 4 heteroatoms. The van der Waals surface area contributed by atoms with E-state index in [2.05, 4.69) is 13.8 Å². The Morgan fingerprint density at radius 2 is 1.90 bits per heavy atom. The minimum Gasteiger partial charge on any atom is -0.399 e. The smallest absolute Gasteiger partial charge is 0.257 e. The number of nitrogen functional groups attached to an aromatic ring is 1. The maximum atomic E-state index is 13.9. The van der Waals surface area contributed by atoms with Crippen LogP contribution in [0.25, 0.3) is 0 Å². The molecule has 0 saturated carbocycles. The van der Waals surface area contributed by atoms with Gasteiger partial charge in [-0.25, -0.2) is 4.39 Å². The first-order valence-corrected chi connectivity index (χ1v) is 7.26. The normalized spacial score (nSPS) is 11.2. The number of halogens is 1. The van der Waals surface area contributed by atoms with Crippen LogP contribution in [0.1, 0.15) is 50.9 Å². The highest BCUT2D eigenvalue weighted by Crippen LogP contribution is 2.19. The Morgan fingerprint density at radius 3 is 2.40 bits per heavy atom. The van der Waals surface area contributed by atoms with Crippen molar-refractivity contribution in [2.45, 2.75) is 46.6 Å². The maximum absolute atomic E-state index is 13.9. The molecule has 0 aromatic heterocycles. The average Bonchev–Trinajstić information content (AvgIpc) is 2.40. The topological polar surface area (TPSA) is 46.3 Å². The van der Waals surface area contributed by atoms with Crippen molar-refractivity contribution in [2.24, 2.45) is 5.92 Å². The molecule has 1 aromatic rings. The molecule has 0 aliphatic heterocycles. The van der Waals surface area contributed by atoms with E-state index in [1.807, 2.05) is 13.8 Å². The van der Waals surface area contributed by atoms with E-state index < -0.39 is 5.82 Å². The second kappa shape index (κ2) is 7.27. The first kappa shape index (κ1) is 16.5. The molecular formula is C16H25FN2O. The van der Waals surface area contributed by atoms with E-state index in [0.717, 1.165) is 12.8 Å². The number of anilines is 1. The predicted octanol–water partition coefficient (Wildman–Crippen LogP) is 3.69. The van der Waals surface area contributed by atoms with Crippen molar-refractivity contribution in [3.05, 3.63) is 29.6 Å². The second-order valence-corrected chi connectivity index (χ2v) is 5.56. The molecule has 0 saturated heterocycles. The van der Waals surface area contributed by atoms with Gasteiger partial charge >= 0.3 is 0 Å². The summed E-state index contributed by atoms with van der Waals surface area (Å²) in [5, 5.41) is 0. The van der Waals surface area contributed by atoms with E-state index in [-0.39, 0.29) is 17.5 Å². The molecule has 3 nitrogen and oxygen atoms in total. The summed E-state index contributed by atoms with van der Waals surface area (Å²) in [5.74, 6) is -0.440. The summed E-state index contributed by atoms with van der Waals surface area (Å²) in [6.45, 7) is 8.82. The highest BCUT2D eigenvalue weighted by atomic mass is 19.1. The zero-order valence-corrected chi connectivity index (χ0v) is 12.8. The molecule has 0 spiro atoms. The average molecular weight is 280 g/mol. The minimum absolute atomic E-state index is 0.0672. The summed E-state index contributed by atoms with van der Waals surface area (Å²) < 4.78 is 13.9. The van der Waals surface area contributed by atoms with Gasteiger partial charge < -0.3 is 10.6 Å². The van der Waals surface area contributed by atoms with Crippen molar-refractivity contribution in [2.75, 3.05) is 12.3 Å². The van der Waals surface area contributed by atoms with Gasteiger partial charge in [-0.2, -0.15) is 0 Å². The Kier molecular flexibility index (Phi) is 5.99. The fourth-order valence-electron chi connectivity index (χ4n) is 2.38. The first-order chi connectivity index (χ1) is 9.40. The summed E-state index contributed by atoms with van der Waals surface area (Å²) >= 11 is 0. The first-order valence-electron chi connectivity index (χ1n) is 7.26. The van der Waals surface area contributed by atoms with Gasteiger partial charge in [0.25, 0.3) is 5.91 Å². The summed E-state index contributed by atoms with van der Waals surface area (Å²) in [7, 11) is 0. The molecule has 0 aliphatic rings. The summed E-state index contributed by atoms with van der Waals surface area (Å²) in [6.07, 6.45) is 1.72. The number of hydrogen-bond acceptors (Lipinski definition) is 2. The van der Waals surface area contributed by atoms with Crippen LogP contribution >= 0.6 is 0 Å². The Labute approximate surface area is 121 Å². The van der Waals surface area contributed by atoms with Crippen molar-refractivity contribution in [1.82, 2.24) is 4.90 Å². The van der Waals surface area contributed by atoms with Crippen LogP contribution in [0.3, 0.4) is 0 Å². The van der Waals surface area contributed by atoms with E-state index in [9.17, 15) is 9.18 Å². The van der Waals surface area contributed by atoms with E-state index in [4.69, 9.17) is 5.73 Å². The van der Waals surface area contributed by atoms with Crippen LogP contribution in [-0.2, 0) is 0 Å². The molecule has 0 unspecified atom stereocenters. The van der Waals surface area contributed by atoms with Gasteiger partial charge in [-0.3, -0.25) is 4.79 Å². The lowest BCUT2D eigenvalue weighted by molar-refractivity contribution is 0.0635. The largest absolute Gasteiger partial charge is 0.399 e. The molecule has 112 valence electrons. The quantitative estimate of drug-likeness (QED) is 0.808. The Hall–Kier alpha value is -1.58. The van der Waals surface area contributed by atoms with Gasteiger partial charge in [-0.15, -0.1) is 0 Å². The lowest BCUT2D eigenvalue weighted by Gasteiger charge is -2.32. The molecule has 0 aliphatic carbocycles. The van der Waals surface area contributed by atoms with Crippen molar-refractivity contribution >= 4 is 11.6 Å². The zero-order valence-electron chi connectivity index (χ0n) is 12.8. The minimum atomic E-state index is -0.510. The number of rotatable bonds is 6. The molecule has 0 heterocycles. The lowest BCUT2D eigenvalue weighted by atomic mass is 10.0. The van der Waals surface area contributed by atoms with Gasteiger partial charge in [-0.05, 0) is 37.0 Å². The van der Waals surface area contributed by atoms with E-state index >= 15 is 0 Å². The number of benzene rings is 1. The number of nitrogens with zero attached hydrogens (tertiary/aromatic N) is 1. The van der Waals surface area contributed by atoms with Crippen molar-refractivity contribution in [1.29, 1.82) is 0 Å². The van der Waals surface area contributed by atoms with Crippen molar-refractivity contribution in [3.63, 3.8) is 0 Å². The predicted molar refractivity (Wildman–Crippen MR) is 81.1 cm³/mol. The van der Waals surface area contributed by atoms with Crippen LogP contribution < -0.4 is 5.73 Å². The van der Waals surface area contributed by atoms with Crippen molar-refractivity contribution in [3.8, 4) is 0 Å². The number of nitrogens with two attached hydrogens (primary N) is 1. The third-order valence-electron chi connectivity index (χ3n) is 3.43. The van der Waals surface area contributed by atoms with Gasteiger partial charge in [0.2, 0.25) is 0 Å². The fourth-order valence-corrected chi connectivity index (χ4v) is 2.38. The number of carbonyl (C=O) groups is 1. The molecule has 1 rings (SSSR count). The monoisotopic (exact) mass is 280 g/mol. The zero-order chi connectivity index (χ0) is 15.3. The summed E-state index contributed by atoms with van der Waals surface area (Å²) in [4.78, 5) is 14.4. The van der Waals surface area contributed by atoms with Gasteiger partial charge in [0.15, 0.2) is 0 Å².